The maximum atomic E-state index is 9.13. The van der Waals surface area contributed by atoms with Gasteiger partial charge in [0.25, 0.3) is 0 Å². The van der Waals surface area contributed by atoms with E-state index in [-0.39, 0.29) is 11.4 Å². The summed E-state index contributed by atoms with van der Waals surface area (Å²) in [6.07, 6.45) is 2.47. The molecular weight excluding hydrogens is 230 g/mol. The number of aliphatic hydroxyl groups is 1. The van der Waals surface area contributed by atoms with E-state index in [2.05, 4.69) is 17.1 Å². The maximum Gasteiger partial charge on any atom is 0.195 e. The number of aromatic amines is 1. The molecule has 0 spiro atoms. The van der Waals surface area contributed by atoms with Crippen molar-refractivity contribution < 1.29 is 5.11 Å². The smallest absolute Gasteiger partial charge is 0.195 e. The second kappa shape index (κ2) is 4.27. The van der Waals surface area contributed by atoms with Gasteiger partial charge in [-0.05, 0) is 37.7 Å². The molecule has 0 saturated carbocycles. The fourth-order valence-corrected chi connectivity index (χ4v) is 3.44. The Kier molecular flexibility index (Phi) is 3.18. The third-order valence-corrected chi connectivity index (χ3v) is 4.61. The van der Waals surface area contributed by atoms with E-state index >= 15 is 0 Å². The molecule has 0 aliphatic carbocycles. The Labute approximate surface area is 98.1 Å². The Balaban J connectivity index is 2.22. The molecular formula is C9H15N3OS2. The van der Waals surface area contributed by atoms with Crippen LogP contribution in [-0.4, -0.2) is 30.4 Å². The molecule has 0 amide bonds. The van der Waals surface area contributed by atoms with Crippen molar-refractivity contribution in [2.45, 2.75) is 37.7 Å². The molecule has 15 heavy (non-hydrogen) atoms. The average Bonchev–Trinajstić information content (AvgIpc) is 2.76. The van der Waals surface area contributed by atoms with Crippen LogP contribution in [0.3, 0.4) is 0 Å². The molecule has 0 aromatic carbocycles. The summed E-state index contributed by atoms with van der Waals surface area (Å²) < 4.78 is 2.76. The van der Waals surface area contributed by atoms with E-state index in [9.17, 15) is 0 Å². The molecule has 84 valence electrons. The van der Waals surface area contributed by atoms with Crippen LogP contribution in [0.15, 0.2) is 0 Å². The first-order chi connectivity index (χ1) is 7.14. The summed E-state index contributed by atoms with van der Waals surface area (Å²) >= 11 is 7.13. The maximum absolute atomic E-state index is 9.13. The highest BCUT2D eigenvalue weighted by molar-refractivity contribution is 8.00. The molecule has 2 N–H and O–H groups in total. The Bertz CT molecular complexity index is 392. The third-order valence-electron chi connectivity index (χ3n) is 2.77. The van der Waals surface area contributed by atoms with Crippen molar-refractivity contribution in [2.24, 2.45) is 0 Å². The van der Waals surface area contributed by atoms with Crippen LogP contribution in [0.5, 0.6) is 0 Å². The van der Waals surface area contributed by atoms with Crippen LogP contribution >= 0.6 is 24.0 Å². The first-order valence-corrected chi connectivity index (χ1v) is 6.43. The Morgan fingerprint density at radius 3 is 3.13 bits per heavy atom. The SMILES string of the molecule is CC1(Cn2c(CO)n[nH]c2=S)CCCS1. The lowest BCUT2D eigenvalue weighted by molar-refractivity contribution is 0.262. The Hall–Kier alpha value is -0.330. The molecule has 2 rings (SSSR count). The van der Waals surface area contributed by atoms with E-state index in [0.717, 1.165) is 6.54 Å². The predicted octanol–water partition coefficient (Wildman–Crippen LogP) is 1.72. The number of thioether (sulfide) groups is 1. The fraction of sp³-hybridized carbons (Fsp3) is 0.778. The van der Waals surface area contributed by atoms with Crippen LogP contribution in [0, 0.1) is 4.77 Å². The van der Waals surface area contributed by atoms with Gasteiger partial charge in [-0.2, -0.15) is 16.9 Å². The second-order valence-electron chi connectivity index (χ2n) is 4.09. The highest BCUT2D eigenvalue weighted by atomic mass is 32.2. The lowest BCUT2D eigenvalue weighted by Gasteiger charge is -2.23. The van der Waals surface area contributed by atoms with E-state index in [1.54, 1.807) is 0 Å². The van der Waals surface area contributed by atoms with Crippen molar-refractivity contribution in [1.29, 1.82) is 0 Å². The molecule has 6 heteroatoms. The van der Waals surface area contributed by atoms with Crippen molar-refractivity contribution in [3.05, 3.63) is 10.6 Å². The summed E-state index contributed by atoms with van der Waals surface area (Å²) in [4.78, 5) is 0. The van der Waals surface area contributed by atoms with Gasteiger partial charge in [0.1, 0.15) is 6.61 Å². The molecule has 1 fully saturated rings. The topological polar surface area (TPSA) is 53.8 Å². The highest BCUT2D eigenvalue weighted by Gasteiger charge is 2.30. The van der Waals surface area contributed by atoms with Gasteiger partial charge in [0.05, 0.1) is 0 Å². The monoisotopic (exact) mass is 245 g/mol. The van der Waals surface area contributed by atoms with Crippen LogP contribution in [0.25, 0.3) is 0 Å². The minimum atomic E-state index is -0.0616. The van der Waals surface area contributed by atoms with Crippen molar-refractivity contribution in [2.75, 3.05) is 5.75 Å². The molecule has 1 aromatic rings. The van der Waals surface area contributed by atoms with Crippen molar-refractivity contribution in [3.8, 4) is 0 Å². The van der Waals surface area contributed by atoms with Gasteiger partial charge in [0.15, 0.2) is 10.6 Å². The van der Waals surface area contributed by atoms with E-state index in [4.69, 9.17) is 17.3 Å². The number of rotatable bonds is 3. The minimum absolute atomic E-state index is 0.0616. The zero-order valence-electron chi connectivity index (χ0n) is 8.69. The third kappa shape index (κ3) is 2.26. The van der Waals surface area contributed by atoms with Gasteiger partial charge in [-0.3, -0.25) is 5.10 Å². The number of H-pyrrole nitrogens is 1. The standard InChI is InChI=1S/C9H15N3OS2/c1-9(3-2-4-15-9)6-12-7(5-13)10-11-8(12)14/h13H,2-6H2,1H3,(H,11,14). The number of hydrogen-bond donors (Lipinski definition) is 2. The lowest BCUT2D eigenvalue weighted by Crippen LogP contribution is -2.25. The van der Waals surface area contributed by atoms with Gasteiger partial charge in [0.2, 0.25) is 0 Å². The van der Waals surface area contributed by atoms with Gasteiger partial charge in [0, 0.05) is 11.3 Å². The molecule has 1 atom stereocenters. The average molecular weight is 245 g/mol. The molecule has 1 aliphatic rings. The number of aromatic nitrogens is 3. The largest absolute Gasteiger partial charge is 0.388 e. The normalized spacial score (nSPS) is 26.0. The number of aliphatic hydroxyl groups excluding tert-OH is 1. The fourth-order valence-electron chi connectivity index (χ4n) is 1.93. The van der Waals surface area contributed by atoms with Gasteiger partial charge in [-0.1, -0.05) is 0 Å². The quantitative estimate of drug-likeness (QED) is 0.796. The predicted molar refractivity (Wildman–Crippen MR) is 63.4 cm³/mol. The van der Waals surface area contributed by atoms with Gasteiger partial charge in [-0.25, -0.2) is 0 Å². The molecule has 1 aromatic heterocycles. The Morgan fingerprint density at radius 1 is 1.73 bits per heavy atom. The summed E-state index contributed by atoms with van der Waals surface area (Å²) in [7, 11) is 0. The first-order valence-electron chi connectivity index (χ1n) is 5.03. The van der Waals surface area contributed by atoms with E-state index < -0.39 is 0 Å². The minimum Gasteiger partial charge on any atom is -0.388 e. The molecule has 0 radical (unpaired) electrons. The number of nitrogens with one attached hydrogen (secondary N) is 1. The number of hydrogen-bond acceptors (Lipinski definition) is 4. The lowest BCUT2D eigenvalue weighted by atomic mass is 10.1. The number of nitrogens with zero attached hydrogens (tertiary/aromatic N) is 2. The summed E-state index contributed by atoms with van der Waals surface area (Å²) in [6.45, 7) is 3.03. The van der Waals surface area contributed by atoms with Crippen LogP contribution in [0.1, 0.15) is 25.6 Å². The molecule has 1 saturated heterocycles. The summed E-state index contributed by atoms with van der Waals surface area (Å²) in [5, 5.41) is 15.9. The van der Waals surface area contributed by atoms with Crippen LogP contribution < -0.4 is 0 Å². The van der Waals surface area contributed by atoms with E-state index in [1.807, 2.05) is 16.3 Å². The van der Waals surface area contributed by atoms with Crippen molar-refractivity contribution in [3.63, 3.8) is 0 Å². The molecule has 4 nitrogen and oxygen atoms in total. The summed E-state index contributed by atoms with van der Waals surface area (Å²) in [5.74, 6) is 1.85. The van der Waals surface area contributed by atoms with Crippen molar-refractivity contribution >= 4 is 24.0 Å². The van der Waals surface area contributed by atoms with Crippen molar-refractivity contribution in [1.82, 2.24) is 14.8 Å². The van der Waals surface area contributed by atoms with Gasteiger partial charge in [-0.15, -0.1) is 0 Å². The molecule has 2 heterocycles. The van der Waals surface area contributed by atoms with Gasteiger partial charge < -0.3 is 9.67 Å². The summed E-state index contributed by atoms with van der Waals surface area (Å²) in [6, 6.07) is 0. The van der Waals surface area contributed by atoms with Crippen LogP contribution in [-0.2, 0) is 13.2 Å². The molecule has 0 bridgehead atoms. The Morgan fingerprint density at radius 2 is 2.53 bits per heavy atom. The second-order valence-corrected chi connectivity index (χ2v) is 6.16. The zero-order valence-corrected chi connectivity index (χ0v) is 10.3. The first kappa shape index (κ1) is 11.2. The molecule has 1 aliphatic heterocycles. The molecule has 1 unspecified atom stereocenters. The van der Waals surface area contributed by atoms with E-state index in [1.165, 1.54) is 18.6 Å². The van der Waals surface area contributed by atoms with Gasteiger partial charge >= 0.3 is 0 Å². The highest BCUT2D eigenvalue weighted by Crippen LogP contribution is 2.39. The summed E-state index contributed by atoms with van der Waals surface area (Å²) in [5.41, 5.74) is 0. The van der Waals surface area contributed by atoms with Crippen LogP contribution in [0.4, 0.5) is 0 Å². The zero-order chi connectivity index (χ0) is 10.9. The van der Waals surface area contributed by atoms with Crippen LogP contribution in [0.2, 0.25) is 0 Å². The van der Waals surface area contributed by atoms with E-state index in [0.29, 0.717) is 10.6 Å².